The molecule has 4 nitrogen and oxygen atoms in total. The van der Waals surface area contributed by atoms with E-state index in [4.69, 9.17) is 10.00 Å². The van der Waals surface area contributed by atoms with Crippen LogP contribution in [0.2, 0.25) is 0 Å². The van der Waals surface area contributed by atoms with Crippen LogP contribution in [-0.4, -0.2) is 56.2 Å². The molecular weight excluding hydrogens is 226 g/mol. The summed E-state index contributed by atoms with van der Waals surface area (Å²) in [5.41, 5.74) is 3.49. The first kappa shape index (κ1) is 13.1. The molecule has 0 radical (unpaired) electrons. The number of hydrogen-bond acceptors (Lipinski definition) is 4. The molecule has 0 spiro atoms. The molecular formula is C14H21N3O. The minimum atomic E-state index is 0.783. The molecule has 2 aliphatic rings. The van der Waals surface area contributed by atoms with Gasteiger partial charge in [0.05, 0.1) is 19.3 Å². The van der Waals surface area contributed by atoms with Crippen molar-refractivity contribution in [3.63, 3.8) is 0 Å². The van der Waals surface area contributed by atoms with Gasteiger partial charge in [-0.3, -0.25) is 0 Å². The number of nitrogens with zero attached hydrogens (tertiary/aromatic N) is 3. The standard InChI is InChI=1S/C14H21N3O/c1-12(10-15)9-13-11-16(2)4-3-14(13)17-5-7-18-8-6-17/h9H,3-8,11H2,1-2H3/b12-9-. The van der Waals surface area contributed by atoms with Crippen molar-refractivity contribution in [3.05, 3.63) is 22.9 Å². The van der Waals surface area contributed by atoms with Crippen LogP contribution in [0.15, 0.2) is 22.9 Å². The number of allylic oxidation sites excluding steroid dienone is 1. The SMILES string of the molecule is C/C(C#N)=C/C1=C(N2CCOCC2)CCN(C)C1. The number of likely N-dealkylation sites (N-methyl/N-ethyl adjacent to an activating group) is 1. The number of rotatable bonds is 2. The fourth-order valence-corrected chi connectivity index (χ4v) is 2.54. The minimum absolute atomic E-state index is 0.783. The zero-order chi connectivity index (χ0) is 13.0. The fourth-order valence-electron chi connectivity index (χ4n) is 2.54. The Morgan fingerprint density at radius 2 is 2.06 bits per heavy atom. The maximum absolute atomic E-state index is 8.94. The van der Waals surface area contributed by atoms with Crippen LogP contribution in [0, 0.1) is 11.3 Å². The Balaban J connectivity index is 2.24. The van der Waals surface area contributed by atoms with E-state index in [0.29, 0.717) is 0 Å². The van der Waals surface area contributed by atoms with Crippen LogP contribution in [0.4, 0.5) is 0 Å². The van der Waals surface area contributed by atoms with Gasteiger partial charge in [-0.1, -0.05) is 0 Å². The van der Waals surface area contributed by atoms with E-state index >= 15 is 0 Å². The third kappa shape index (κ3) is 3.12. The first-order valence-corrected chi connectivity index (χ1v) is 6.52. The van der Waals surface area contributed by atoms with E-state index in [2.05, 4.69) is 22.9 Å². The summed E-state index contributed by atoms with van der Waals surface area (Å²) in [6, 6.07) is 2.22. The molecule has 0 aromatic heterocycles. The maximum atomic E-state index is 8.94. The van der Waals surface area contributed by atoms with E-state index in [1.54, 1.807) is 0 Å². The average Bonchev–Trinajstić information content (AvgIpc) is 2.40. The van der Waals surface area contributed by atoms with Crippen LogP contribution in [0.3, 0.4) is 0 Å². The van der Waals surface area contributed by atoms with Crippen LogP contribution >= 0.6 is 0 Å². The molecule has 0 aromatic carbocycles. The van der Waals surface area contributed by atoms with Crippen LogP contribution in [0.5, 0.6) is 0 Å². The summed E-state index contributed by atoms with van der Waals surface area (Å²) in [6.07, 6.45) is 3.11. The van der Waals surface area contributed by atoms with Gasteiger partial charge in [0.25, 0.3) is 0 Å². The van der Waals surface area contributed by atoms with Crippen molar-refractivity contribution in [1.29, 1.82) is 5.26 Å². The van der Waals surface area contributed by atoms with Crippen LogP contribution in [-0.2, 0) is 4.74 Å². The summed E-state index contributed by atoms with van der Waals surface area (Å²) in [6.45, 7) is 7.48. The van der Waals surface area contributed by atoms with E-state index in [1.807, 2.05) is 13.0 Å². The highest BCUT2D eigenvalue weighted by molar-refractivity contribution is 5.35. The van der Waals surface area contributed by atoms with Crippen LogP contribution in [0.25, 0.3) is 0 Å². The lowest BCUT2D eigenvalue weighted by Crippen LogP contribution is -2.40. The average molecular weight is 247 g/mol. The lowest BCUT2D eigenvalue weighted by atomic mass is 10.0. The summed E-state index contributed by atoms with van der Waals surface area (Å²) < 4.78 is 5.41. The molecule has 0 atom stereocenters. The van der Waals surface area contributed by atoms with Gasteiger partial charge in [0, 0.05) is 43.9 Å². The molecule has 0 aromatic rings. The lowest BCUT2D eigenvalue weighted by molar-refractivity contribution is 0.0497. The molecule has 2 aliphatic heterocycles. The lowest BCUT2D eigenvalue weighted by Gasteiger charge is -2.36. The van der Waals surface area contributed by atoms with Crippen molar-refractivity contribution < 1.29 is 4.74 Å². The van der Waals surface area contributed by atoms with Gasteiger partial charge in [-0.25, -0.2) is 0 Å². The summed E-state index contributed by atoms with van der Waals surface area (Å²) in [5, 5.41) is 8.94. The van der Waals surface area contributed by atoms with Crippen molar-refractivity contribution in [1.82, 2.24) is 9.80 Å². The number of nitriles is 1. The van der Waals surface area contributed by atoms with Crippen molar-refractivity contribution in [2.24, 2.45) is 0 Å². The van der Waals surface area contributed by atoms with Crippen LogP contribution in [0.1, 0.15) is 13.3 Å². The Kier molecular flexibility index (Phi) is 4.40. The summed E-state index contributed by atoms with van der Waals surface area (Å²) in [5.74, 6) is 0. The molecule has 0 saturated carbocycles. The third-order valence-corrected chi connectivity index (χ3v) is 3.50. The van der Waals surface area contributed by atoms with E-state index < -0.39 is 0 Å². The second-order valence-electron chi connectivity index (χ2n) is 5.00. The molecule has 1 saturated heterocycles. The Labute approximate surface area is 109 Å². The monoisotopic (exact) mass is 247 g/mol. The zero-order valence-electron chi connectivity index (χ0n) is 11.3. The normalized spacial score (nSPS) is 23.2. The predicted molar refractivity (Wildman–Crippen MR) is 70.9 cm³/mol. The largest absolute Gasteiger partial charge is 0.378 e. The highest BCUT2D eigenvalue weighted by Crippen LogP contribution is 2.23. The molecule has 98 valence electrons. The van der Waals surface area contributed by atoms with Gasteiger partial charge in [-0.2, -0.15) is 5.26 Å². The Morgan fingerprint density at radius 3 is 2.72 bits per heavy atom. The quantitative estimate of drug-likeness (QED) is 0.691. The van der Waals surface area contributed by atoms with Gasteiger partial charge >= 0.3 is 0 Å². The fraction of sp³-hybridized carbons (Fsp3) is 0.643. The molecule has 0 bridgehead atoms. The molecule has 0 unspecified atom stereocenters. The van der Waals surface area contributed by atoms with E-state index in [1.165, 1.54) is 11.3 Å². The number of morpholine rings is 1. The number of hydrogen-bond donors (Lipinski definition) is 0. The highest BCUT2D eigenvalue weighted by atomic mass is 16.5. The van der Waals surface area contributed by atoms with Gasteiger partial charge in [-0.15, -0.1) is 0 Å². The number of ether oxygens (including phenoxy) is 1. The zero-order valence-corrected chi connectivity index (χ0v) is 11.3. The smallest absolute Gasteiger partial charge is 0.0944 e. The molecule has 18 heavy (non-hydrogen) atoms. The van der Waals surface area contributed by atoms with Crippen LogP contribution < -0.4 is 0 Å². The van der Waals surface area contributed by atoms with E-state index in [0.717, 1.165) is 51.4 Å². The molecule has 0 N–H and O–H groups in total. The summed E-state index contributed by atoms with van der Waals surface area (Å²) in [7, 11) is 2.13. The molecule has 0 aliphatic carbocycles. The second kappa shape index (κ2) is 6.03. The second-order valence-corrected chi connectivity index (χ2v) is 5.00. The molecule has 2 rings (SSSR count). The Hall–Kier alpha value is -1.31. The van der Waals surface area contributed by atoms with Crippen molar-refractivity contribution in [2.75, 3.05) is 46.4 Å². The van der Waals surface area contributed by atoms with Gasteiger partial charge in [0.1, 0.15) is 0 Å². The third-order valence-electron chi connectivity index (χ3n) is 3.50. The molecule has 2 heterocycles. The van der Waals surface area contributed by atoms with Gasteiger partial charge < -0.3 is 14.5 Å². The summed E-state index contributed by atoms with van der Waals surface area (Å²) >= 11 is 0. The van der Waals surface area contributed by atoms with Crippen molar-refractivity contribution >= 4 is 0 Å². The van der Waals surface area contributed by atoms with Crippen molar-refractivity contribution in [3.8, 4) is 6.07 Å². The van der Waals surface area contributed by atoms with E-state index in [-0.39, 0.29) is 0 Å². The van der Waals surface area contributed by atoms with Gasteiger partial charge in [-0.05, 0) is 25.6 Å². The molecule has 1 fully saturated rings. The van der Waals surface area contributed by atoms with E-state index in [9.17, 15) is 0 Å². The summed E-state index contributed by atoms with van der Waals surface area (Å²) in [4.78, 5) is 4.73. The topological polar surface area (TPSA) is 39.5 Å². The Bertz CT molecular complexity index is 400. The van der Waals surface area contributed by atoms with Gasteiger partial charge in [0.15, 0.2) is 0 Å². The van der Waals surface area contributed by atoms with Gasteiger partial charge in [0.2, 0.25) is 0 Å². The minimum Gasteiger partial charge on any atom is -0.378 e. The molecule has 4 heteroatoms. The van der Waals surface area contributed by atoms with Crippen molar-refractivity contribution in [2.45, 2.75) is 13.3 Å². The first-order valence-electron chi connectivity index (χ1n) is 6.52. The highest BCUT2D eigenvalue weighted by Gasteiger charge is 2.21. The maximum Gasteiger partial charge on any atom is 0.0944 e. The first-order chi connectivity index (χ1) is 8.70. The Morgan fingerprint density at radius 1 is 1.33 bits per heavy atom. The predicted octanol–water partition coefficient (Wildman–Crippen LogP) is 1.38. The molecule has 0 amide bonds.